The van der Waals surface area contributed by atoms with Crippen LogP contribution in [-0.2, 0) is 16.0 Å². The Morgan fingerprint density at radius 3 is 2.48 bits per heavy atom. The fourth-order valence-electron chi connectivity index (χ4n) is 1.99. The minimum absolute atomic E-state index is 0.136. The second-order valence-corrected chi connectivity index (χ2v) is 5.01. The molecule has 2 aromatic rings. The molecule has 0 saturated carbocycles. The molecule has 23 heavy (non-hydrogen) atoms. The van der Waals surface area contributed by atoms with Crippen LogP contribution in [0.5, 0.6) is 5.75 Å². The molecule has 2 N–H and O–H groups in total. The van der Waals surface area contributed by atoms with E-state index in [1.165, 1.54) is 12.1 Å². The van der Waals surface area contributed by atoms with Crippen molar-refractivity contribution in [2.24, 2.45) is 0 Å². The molecule has 0 aromatic heterocycles. The average molecular weight is 317 g/mol. The summed E-state index contributed by atoms with van der Waals surface area (Å²) in [4.78, 5) is 22.5. The van der Waals surface area contributed by atoms with Crippen LogP contribution in [0.1, 0.15) is 11.1 Å². The highest BCUT2D eigenvalue weighted by Crippen LogP contribution is 2.21. The molecule has 0 unspecified atom stereocenters. The van der Waals surface area contributed by atoms with Crippen molar-refractivity contribution in [2.45, 2.75) is 13.3 Å². The summed E-state index contributed by atoms with van der Waals surface area (Å²) in [7, 11) is 0. The minimum Gasteiger partial charge on any atom is -0.482 e. The number of carboxylic acids is 1. The third kappa shape index (κ3) is 5.10. The Kier molecular flexibility index (Phi) is 5.30. The molecule has 2 rings (SSSR count). The van der Waals surface area contributed by atoms with Gasteiger partial charge in [0.05, 0.1) is 6.42 Å². The highest BCUT2D eigenvalue weighted by atomic mass is 19.1. The summed E-state index contributed by atoms with van der Waals surface area (Å²) in [6.07, 6.45) is 0.136. The normalized spacial score (nSPS) is 10.2. The standard InChI is InChI=1S/C17H16FNO4/c1-11-8-14(23-10-17(21)22)6-7-15(11)19-16(20)9-12-2-4-13(18)5-3-12/h2-8H,9-10H2,1H3,(H,19,20)(H,21,22). The van der Waals surface area contributed by atoms with Crippen LogP contribution in [-0.4, -0.2) is 23.6 Å². The van der Waals surface area contributed by atoms with Crippen LogP contribution in [0.25, 0.3) is 0 Å². The molecule has 0 bridgehead atoms. The number of rotatable bonds is 6. The first-order valence-electron chi connectivity index (χ1n) is 6.93. The number of halogens is 1. The molecule has 0 heterocycles. The van der Waals surface area contributed by atoms with Gasteiger partial charge in [-0.25, -0.2) is 9.18 Å². The summed E-state index contributed by atoms with van der Waals surface area (Å²) in [6, 6.07) is 10.6. The molecule has 0 spiro atoms. The number of aryl methyl sites for hydroxylation is 1. The van der Waals surface area contributed by atoms with Crippen molar-refractivity contribution in [3.8, 4) is 5.75 Å². The van der Waals surface area contributed by atoms with Gasteiger partial charge in [0.25, 0.3) is 0 Å². The molecule has 0 aliphatic heterocycles. The number of carboxylic acid groups (broad SMARTS) is 1. The van der Waals surface area contributed by atoms with Crippen molar-refractivity contribution in [1.29, 1.82) is 0 Å². The van der Waals surface area contributed by atoms with Gasteiger partial charge in [-0.1, -0.05) is 12.1 Å². The summed E-state index contributed by atoms with van der Waals surface area (Å²) in [5.74, 6) is -1.21. The summed E-state index contributed by atoms with van der Waals surface area (Å²) < 4.78 is 17.9. The lowest BCUT2D eigenvalue weighted by molar-refractivity contribution is -0.139. The van der Waals surface area contributed by atoms with E-state index in [-0.39, 0.29) is 18.1 Å². The fourth-order valence-corrected chi connectivity index (χ4v) is 1.99. The Balaban J connectivity index is 1.97. The van der Waals surface area contributed by atoms with Crippen molar-refractivity contribution in [3.05, 3.63) is 59.4 Å². The molecule has 0 atom stereocenters. The number of ether oxygens (including phenoxy) is 1. The first-order valence-corrected chi connectivity index (χ1v) is 6.93. The van der Waals surface area contributed by atoms with E-state index in [0.29, 0.717) is 17.0 Å². The third-order valence-electron chi connectivity index (χ3n) is 3.11. The van der Waals surface area contributed by atoms with Crippen LogP contribution < -0.4 is 10.1 Å². The molecule has 6 heteroatoms. The zero-order valence-electron chi connectivity index (χ0n) is 12.5. The number of hydrogen-bond acceptors (Lipinski definition) is 3. The van der Waals surface area contributed by atoms with Gasteiger partial charge in [-0.2, -0.15) is 0 Å². The predicted octanol–water partition coefficient (Wildman–Crippen LogP) is 2.78. The van der Waals surface area contributed by atoms with Crippen molar-refractivity contribution in [1.82, 2.24) is 0 Å². The topological polar surface area (TPSA) is 75.6 Å². The Hall–Kier alpha value is -2.89. The number of hydrogen-bond donors (Lipinski definition) is 2. The maximum absolute atomic E-state index is 12.8. The van der Waals surface area contributed by atoms with Crippen LogP contribution >= 0.6 is 0 Å². The summed E-state index contributed by atoms with van der Waals surface area (Å²) >= 11 is 0. The second kappa shape index (κ2) is 7.40. The maximum atomic E-state index is 12.8. The summed E-state index contributed by atoms with van der Waals surface area (Å²) in [5.41, 5.74) is 2.07. The Labute approximate surface area is 132 Å². The van der Waals surface area contributed by atoms with Gasteiger partial charge in [0, 0.05) is 5.69 Å². The molecule has 0 aliphatic rings. The number of nitrogens with one attached hydrogen (secondary N) is 1. The van der Waals surface area contributed by atoms with Crippen molar-refractivity contribution >= 4 is 17.6 Å². The fraction of sp³-hybridized carbons (Fsp3) is 0.176. The molecule has 0 radical (unpaired) electrons. The third-order valence-corrected chi connectivity index (χ3v) is 3.11. The molecule has 0 aliphatic carbocycles. The number of carbonyl (C=O) groups excluding carboxylic acids is 1. The van der Waals surface area contributed by atoms with E-state index < -0.39 is 12.6 Å². The van der Waals surface area contributed by atoms with E-state index in [9.17, 15) is 14.0 Å². The largest absolute Gasteiger partial charge is 0.482 e. The van der Waals surface area contributed by atoms with E-state index in [0.717, 1.165) is 5.56 Å². The first-order chi connectivity index (χ1) is 10.9. The summed E-state index contributed by atoms with van der Waals surface area (Å²) in [5, 5.41) is 11.3. The second-order valence-electron chi connectivity index (χ2n) is 5.01. The van der Waals surface area contributed by atoms with Gasteiger partial charge < -0.3 is 15.2 Å². The van der Waals surface area contributed by atoms with Gasteiger partial charge >= 0.3 is 5.97 Å². The maximum Gasteiger partial charge on any atom is 0.341 e. The number of aliphatic carboxylic acids is 1. The zero-order chi connectivity index (χ0) is 16.8. The molecule has 1 amide bonds. The zero-order valence-corrected chi connectivity index (χ0v) is 12.5. The van der Waals surface area contributed by atoms with Crippen molar-refractivity contribution in [2.75, 3.05) is 11.9 Å². The number of anilines is 1. The highest BCUT2D eigenvalue weighted by molar-refractivity contribution is 5.93. The van der Waals surface area contributed by atoms with E-state index >= 15 is 0 Å². The van der Waals surface area contributed by atoms with Gasteiger partial charge in [0.1, 0.15) is 11.6 Å². The molecule has 120 valence electrons. The quantitative estimate of drug-likeness (QED) is 0.859. The van der Waals surface area contributed by atoms with Gasteiger partial charge in [-0.3, -0.25) is 4.79 Å². The highest BCUT2D eigenvalue weighted by Gasteiger charge is 2.08. The minimum atomic E-state index is -1.06. The predicted molar refractivity (Wildman–Crippen MR) is 83.0 cm³/mol. The van der Waals surface area contributed by atoms with Crippen molar-refractivity contribution in [3.63, 3.8) is 0 Å². The molecule has 0 saturated heterocycles. The van der Waals surface area contributed by atoms with Gasteiger partial charge in [-0.15, -0.1) is 0 Å². The SMILES string of the molecule is Cc1cc(OCC(=O)O)ccc1NC(=O)Cc1ccc(F)cc1. The molecule has 2 aromatic carbocycles. The van der Waals surface area contributed by atoms with Crippen molar-refractivity contribution < 1.29 is 23.8 Å². The van der Waals surface area contributed by atoms with Crippen LogP contribution in [0.4, 0.5) is 10.1 Å². The van der Waals surface area contributed by atoms with Crippen LogP contribution in [0, 0.1) is 12.7 Å². The van der Waals surface area contributed by atoms with Crippen LogP contribution in [0.2, 0.25) is 0 Å². The Morgan fingerprint density at radius 2 is 1.87 bits per heavy atom. The Bertz CT molecular complexity index is 713. The first kappa shape index (κ1) is 16.5. The van der Waals surface area contributed by atoms with E-state index in [1.807, 2.05) is 0 Å². The molecular formula is C17H16FNO4. The number of benzene rings is 2. The van der Waals surface area contributed by atoms with Gasteiger partial charge in [-0.05, 0) is 48.4 Å². The number of amides is 1. The lowest BCUT2D eigenvalue weighted by atomic mass is 10.1. The molecule has 5 nitrogen and oxygen atoms in total. The molecule has 0 fully saturated rings. The number of carbonyl (C=O) groups is 2. The smallest absolute Gasteiger partial charge is 0.341 e. The Morgan fingerprint density at radius 1 is 1.17 bits per heavy atom. The molecular weight excluding hydrogens is 301 g/mol. The van der Waals surface area contributed by atoms with Gasteiger partial charge in [0.15, 0.2) is 6.61 Å². The monoisotopic (exact) mass is 317 g/mol. The average Bonchev–Trinajstić information content (AvgIpc) is 2.50. The lowest BCUT2D eigenvalue weighted by Crippen LogP contribution is -2.15. The van der Waals surface area contributed by atoms with Crippen LogP contribution in [0.3, 0.4) is 0 Å². The lowest BCUT2D eigenvalue weighted by Gasteiger charge is -2.10. The van der Waals surface area contributed by atoms with Crippen LogP contribution in [0.15, 0.2) is 42.5 Å². The van der Waals surface area contributed by atoms with Gasteiger partial charge in [0.2, 0.25) is 5.91 Å². The summed E-state index contributed by atoms with van der Waals surface area (Å²) in [6.45, 7) is 1.36. The van der Waals surface area contributed by atoms with E-state index in [2.05, 4.69) is 5.32 Å². The van der Waals surface area contributed by atoms with E-state index in [1.54, 1.807) is 37.3 Å². The van der Waals surface area contributed by atoms with E-state index in [4.69, 9.17) is 9.84 Å².